The molecular weight excluding hydrogens is 228 g/mol. The Kier molecular flexibility index (Phi) is 7.09. The van der Waals surface area contributed by atoms with Gasteiger partial charge in [-0.1, -0.05) is 26.7 Å². The van der Waals surface area contributed by atoms with Gasteiger partial charge >= 0.3 is 6.03 Å². The van der Waals surface area contributed by atoms with E-state index >= 15 is 0 Å². The van der Waals surface area contributed by atoms with E-state index in [1.807, 2.05) is 6.92 Å². The number of hydrogen-bond donors (Lipinski definition) is 3. The molecule has 4 nitrogen and oxygen atoms in total. The van der Waals surface area contributed by atoms with E-state index in [-0.39, 0.29) is 18.7 Å². The molecule has 1 fully saturated rings. The molecule has 0 aromatic carbocycles. The number of aliphatic hydroxyl groups excluding tert-OH is 1. The zero-order valence-corrected chi connectivity index (χ0v) is 11.7. The van der Waals surface area contributed by atoms with E-state index in [0.29, 0.717) is 6.04 Å². The van der Waals surface area contributed by atoms with Gasteiger partial charge in [-0.15, -0.1) is 0 Å². The van der Waals surface area contributed by atoms with Gasteiger partial charge in [0.1, 0.15) is 0 Å². The summed E-state index contributed by atoms with van der Waals surface area (Å²) in [7, 11) is 0. The van der Waals surface area contributed by atoms with Crippen molar-refractivity contribution >= 4 is 6.03 Å². The van der Waals surface area contributed by atoms with Gasteiger partial charge in [-0.3, -0.25) is 0 Å². The lowest BCUT2D eigenvalue weighted by Crippen LogP contribution is -2.48. The molecule has 0 spiro atoms. The number of rotatable bonds is 6. The van der Waals surface area contributed by atoms with Crippen LogP contribution in [-0.2, 0) is 0 Å². The first-order chi connectivity index (χ1) is 8.69. The highest BCUT2D eigenvalue weighted by molar-refractivity contribution is 5.74. The van der Waals surface area contributed by atoms with E-state index in [0.717, 1.165) is 25.2 Å². The Bertz CT molecular complexity index is 234. The summed E-state index contributed by atoms with van der Waals surface area (Å²) in [4.78, 5) is 11.7. The molecule has 1 saturated carbocycles. The number of carbonyl (C=O) groups is 1. The van der Waals surface area contributed by atoms with Crippen LogP contribution in [0.25, 0.3) is 0 Å². The molecule has 106 valence electrons. The highest BCUT2D eigenvalue weighted by Gasteiger charge is 2.22. The molecule has 1 aliphatic rings. The summed E-state index contributed by atoms with van der Waals surface area (Å²) in [6.07, 6.45) is 7.99. The fourth-order valence-corrected chi connectivity index (χ4v) is 2.69. The predicted octanol–water partition coefficient (Wildman–Crippen LogP) is 2.42. The van der Waals surface area contributed by atoms with E-state index in [4.69, 9.17) is 5.11 Å². The lowest BCUT2D eigenvalue weighted by atomic mass is 9.83. The third kappa shape index (κ3) is 5.25. The van der Waals surface area contributed by atoms with Gasteiger partial charge in [-0.2, -0.15) is 0 Å². The zero-order valence-electron chi connectivity index (χ0n) is 11.7. The molecule has 1 aliphatic carbocycles. The first-order valence-electron chi connectivity index (χ1n) is 7.37. The Morgan fingerprint density at radius 3 is 2.44 bits per heavy atom. The van der Waals surface area contributed by atoms with Crippen molar-refractivity contribution in [2.75, 3.05) is 6.61 Å². The smallest absolute Gasteiger partial charge is 0.315 e. The molecule has 0 aromatic heterocycles. The molecule has 0 aromatic rings. The molecule has 1 atom stereocenters. The van der Waals surface area contributed by atoms with Crippen LogP contribution in [0.1, 0.15) is 58.8 Å². The molecule has 3 N–H and O–H groups in total. The van der Waals surface area contributed by atoms with Gasteiger partial charge in [0.25, 0.3) is 0 Å². The van der Waals surface area contributed by atoms with E-state index < -0.39 is 0 Å². The van der Waals surface area contributed by atoms with Gasteiger partial charge in [0.05, 0.1) is 12.6 Å². The second kappa shape index (κ2) is 8.35. The third-order valence-corrected chi connectivity index (χ3v) is 3.93. The van der Waals surface area contributed by atoms with Gasteiger partial charge in [-0.25, -0.2) is 4.79 Å². The van der Waals surface area contributed by atoms with Crippen LogP contribution in [0.2, 0.25) is 0 Å². The Morgan fingerprint density at radius 2 is 1.94 bits per heavy atom. The number of urea groups is 1. The molecule has 18 heavy (non-hydrogen) atoms. The van der Waals surface area contributed by atoms with E-state index in [1.165, 1.54) is 25.7 Å². The summed E-state index contributed by atoms with van der Waals surface area (Å²) >= 11 is 0. The SMILES string of the molecule is CCCC1CCC(NC(=O)NC(CC)CO)CC1. The normalized spacial score (nSPS) is 25.5. The highest BCUT2D eigenvalue weighted by atomic mass is 16.3. The van der Waals surface area contributed by atoms with Crippen LogP contribution < -0.4 is 10.6 Å². The van der Waals surface area contributed by atoms with Crippen LogP contribution in [-0.4, -0.2) is 29.8 Å². The largest absolute Gasteiger partial charge is 0.394 e. The quantitative estimate of drug-likeness (QED) is 0.683. The summed E-state index contributed by atoms with van der Waals surface area (Å²) in [6.45, 7) is 4.20. The van der Waals surface area contributed by atoms with Crippen molar-refractivity contribution in [3.05, 3.63) is 0 Å². The maximum Gasteiger partial charge on any atom is 0.315 e. The minimum atomic E-state index is -0.130. The van der Waals surface area contributed by atoms with Gasteiger partial charge in [0.2, 0.25) is 0 Å². The molecular formula is C14H28N2O2. The molecule has 0 saturated heterocycles. The summed E-state index contributed by atoms with van der Waals surface area (Å²) in [6, 6.07) is 0.0607. The molecule has 4 heteroatoms. The molecule has 0 aliphatic heterocycles. The zero-order chi connectivity index (χ0) is 13.4. The Labute approximate surface area is 111 Å². The van der Waals surface area contributed by atoms with E-state index in [2.05, 4.69) is 17.6 Å². The number of aliphatic hydroxyl groups is 1. The molecule has 1 rings (SSSR count). The Hall–Kier alpha value is -0.770. The van der Waals surface area contributed by atoms with Gasteiger partial charge < -0.3 is 15.7 Å². The average Bonchev–Trinajstić information content (AvgIpc) is 2.38. The van der Waals surface area contributed by atoms with E-state index in [9.17, 15) is 4.79 Å². The maximum atomic E-state index is 11.7. The van der Waals surface area contributed by atoms with Crippen molar-refractivity contribution in [1.29, 1.82) is 0 Å². The minimum absolute atomic E-state index is 0.00710. The molecule has 1 unspecified atom stereocenters. The fraction of sp³-hybridized carbons (Fsp3) is 0.929. The van der Waals surface area contributed by atoms with Crippen LogP contribution in [0.5, 0.6) is 0 Å². The van der Waals surface area contributed by atoms with Crippen molar-refractivity contribution in [3.8, 4) is 0 Å². The van der Waals surface area contributed by atoms with Crippen LogP contribution in [0.4, 0.5) is 4.79 Å². The van der Waals surface area contributed by atoms with Crippen molar-refractivity contribution in [3.63, 3.8) is 0 Å². The standard InChI is InChI=1S/C14H28N2O2/c1-3-5-11-6-8-13(9-7-11)16-14(18)15-12(4-2)10-17/h11-13,17H,3-10H2,1-2H3,(H2,15,16,18). The van der Waals surface area contributed by atoms with Crippen LogP contribution in [0, 0.1) is 5.92 Å². The minimum Gasteiger partial charge on any atom is -0.394 e. The molecule has 0 radical (unpaired) electrons. The van der Waals surface area contributed by atoms with Gasteiger partial charge in [-0.05, 0) is 38.0 Å². The Morgan fingerprint density at radius 1 is 1.28 bits per heavy atom. The van der Waals surface area contributed by atoms with Crippen molar-refractivity contribution < 1.29 is 9.90 Å². The number of carbonyl (C=O) groups excluding carboxylic acids is 1. The maximum absolute atomic E-state index is 11.7. The molecule has 0 bridgehead atoms. The second-order valence-corrected chi connectivity index (χ2v) is 5.41. The highest BCUT2D eigenvalue weighted by Crippen LogP contribution is 2.27. The predicted molar refractivity (Wildman–Crippen MR) is 73.5 cm³/mol. The fourth-order valence-electron chi connectivity index (χ4n) is 2.69. The first kappa shape index (κ1) is 15.3. The molecule has 0 heterocycles. The van der Waals surface area contributed by atoms with E-state index in [1.54, 1.807) is 0 Å². The average molecular weight is 256 g/mol. The first-order valence-corrected chi connectivity index (χ1v) is 7.37. The summed E-state index contributed by atoms with van der Waals surface area (Å²) in [5.74, 6) is 0.858. The van der Waals surface area contributed by atoms with Crippen molar-refractivity contribution in [1.82, 2.24) is 10.6 Å². The van der Waals surface area contributed by atoms with Crippen LogP contribution in [0.15, 0.2) is 0 Å². The summed E-state index contributed by atoms with van der Waals surface area (Å²) in [5, 5.41) is 14.9. The molecule has 2 amide bonds. The van der Waals surface area contributed by atoms with Crippen molar-refractivity contribution in [2.45, 2.75) is 70.9 Å². The van der Waals surface area contributed by atoms with Crippen LogP contribution >= 0.6 is 0 Å². The summed E-state index contributed by atoms with van der Waals surface area (Å²) < 4.78 is 0. The van der Waals surface area contributed by atoms with Crippen molar-refractivity contribution in [2.24, 2.45) is 5.92 Å². The lowest BCUT2D eigenvalue weighted by molar-refractivity contribution is 0.205. The van der Waals surface area contributed by atoms with Crippen LogP contribution in [0.3, 0.4) is 0 Å². The Balaban J connectivity index is 2.21. The monoisotopic (exact) mass is 256 g/mol. The third-order valence-electron chi connectivity index (χ3n) is 3.93. The summed E-state index contributed by atoms with van der Waals surface area (Å²) in [5.41, 5.74) is 0. The lowest BCUT2D eigenvalue weighted by Gasteiger charge is -2.29. The second-order valence-electron chi connectivity index (χ2n) is 5.41. The van der Waals surface area contributed by atoms with Gasteiger partial charge in [0.15, 0.2) is 0 Å². The topological polar surface area (TPSA) is 61.4 Å². The number of nitrogens with one attached hydrogen (secondary N) is 2. The number of amides is 2. The van der Waals surface area contributed by atoms with Gasteiger partial charge in [0, 0.05) is 6.04 Å². The number of hydrogen-bond acceptors (Lipinski definition) is 2.